The van der Waals surface area contributed by atoms with Gasteiger partial charge in [0.15, 0.2) is 0 Å². The Kier molecular flexibility index (Phi) is 4.15. The first-order chi connectivity index (χ1) is 9.49. The number of aliphatic imine (C=N–C) groups is 1. The summed E-state index contributed by atoms with van der Waals surface area (Å²) in [6.45, 7) is 3.99. The van der Waals surface area contributed by atoms with Crippen LogP contribution < -0.4 is 0 Å². The van der Waals surface area contributed by atoms with E-state index in [0.717, 1.165) is 16.8 Å². The fourth-order valence-corrected chi connectivity index (χ4v) is 1.92. The Balaban J connectivity index is 2.38. The van der Waals surface area contributed by atoms with Crippen molar-refractivity contribution < 1.29 is 4.92 Å². The highest BCUT2D eigenvalue weighted by Gasteiger charge is 2.08. The average molecular weight is 289 g/mol. The SMILES string of the molecule is Cc1cccc(N=Cc2cc([N+](=O)[O-])ccc2Cl)c1C. The molecule has 4 nitrogen and oxygen atoms in total. The highest BCUT2D eigenvalue weighted by Crippen LogP contribution is 2.24. The number of non-ortho nitro benzene ring substituents is 1. The van der Waals surface area contributed by atoms with Gasteiger partial charge in [-0.2, -0.15) is 0 Å². The number of nitro groups is 1. The number of benzene rings is 2. The van der Waals surface area contributed by atoms with Crippen LogP contribution in [0, 0.1) is 24.0 Å². The van der Waals surface area contributed by atoms with E-state index in [1.807, 2.05) is 32.0 Å². The lowest BCUT2D eigenvalue weighted by atomic mass is 10.1. The Morgan fingerprint density at radius 1 is 1.25 bits per heavy atom. The molecular formula is C15H13ClN2O2. The largest absolute Gasteiger partial charge is 0.270 e. The number of halogens is 1. The Morgan fingerprint density at radius 2 is 2.00 bits per heavy atom. The second kappa shape index (κ2) is 5.84. The normalized spacial score (nSPS) is 10.9. The first kappa shape index (κ1) is 14.2. The van der Waals surface area contributed by atoms with Crippen LogP contribution in [0.25, 0.3) is 0 Å². The topological polar surface area (TPSA) is 55.5 Å². The summed E-state index contributed by atoms with van der Waals surface area (Å²) in [7, 11) is 0. The molecule has 0 fully saturated rings. The Bertz CT molecular complexity index is 696. The van der Waals surface area contributed by atoms with Crippen molar-refractivity contribution in [3.05, 3.63) is 68.2 Å². The third-order valence-electron chi connectivity index (χ3n) is 3.11. The number of aryl methyl sites for hydroxylation is 1. The molecule has 0 radical (unpaired) electrons. The Labute approximate surface area is 121 Å². The van der Waals surface area contributed by atoms with Crippen molar-refractivity contribution >= 4 is 29.2 Å². The van der Waals surface area contributed by atoms with Gasteiger partial charge in [0.1, 0.15) is 0 Å². The highest BCUT2D eigenvalue weighted by molar-refractivity contribution is 6.33. The summed E-state index contributed by atoms with van der Waals surface area (Å²) in [5.41, 5.74) is 3.57. The predicted octanol–water partition coefficient (Wildman–Crippen LogP) is 4.62. The molecule has 0 aromatic heterocycles. The van der Waals surface area contributed by atoms with Gasteiger partial charge in [0.05, 0.1) is 10.6 Å². The molecule has 2 aromatic rings. The van der Waals surface area contributed by atoms with Gasteiger partial charge >= 0.3 is 0 Å². The zero-order chi connectivity index (χ0) is 14.7. The quantitative estimate of drug-likeness (QED) is 0.470. The van der Waals surface area contributed by atoms with Crippen molar-refractivity contribution in [3.8, 4) is 0 Å². The molecule has 20 heavy (non-hydrogen) atoms. The van der Waals surface area contributed by atoms with E-state index in [4.69, 9.17) is 11.6 Å². The summed E-state index contributed by atoms with van der Waals surface area (Å²) in [6.07, 6.45) is 1.55. The predicted molar refractivity (Wildman–Crippen MR) is 81.3 cm³/mol. The average Bonchev–Trinajstić information content (AvgIpc) is 2.41. The number of nitro benzene ring substituents is 1. The van der Waals surface area contributed by atoms with Crippen LogP contribution >= 0.6 is 11.6 Å². The molecular weight excluding hydrogens is 276 g/mol. The van der Waals surface area contributed by atoms with Crippen LogP contribution in [0.1, 0.15) is 16.7 Å². The first-order valence-electron chi connectivity index (χ1n) is 6.03. The van der Waals surface area contributed by atoms with Crippen LogP contribution in [0.4, 0.5) is 11.4 Å². The number of rotatable bonds is 3. The third-order valence-corrected chi connectivity index (χ3v) is 3.45. The zero-order valence-electron chi connectivity index (χ0n) is 11.1. The van der Waals surface area contributed by atoms with Gasteiger partial charge in [0.25, 0.3) is 5.69 Å². The van der Waals surface area contributed by atoms with Crippen molar-refractivity contribution in [2.75, 3.05) is 0 Å². The van der Waals surface area contributed by atoms with Crippen molar-refractivity contribution in [2.45, 2.75) is 13.8 Å². The van der Waals surface area contributed by atoms with Crippen LogP contribution in [-0.4, -0.2) is 11.1 Å². The van der Waals surface area contributed by atoms with E-state index < -0.39 is 4.92 Å². The van der Waals surface area contributed by atoms with Gasteiger partial charge in [-0.1, -0.05) is 23.7 Å². The summed E-state index contributed by atoms with van der Waals surface area (Å²) in [4.78, 5) is 14.7. The lowest BCUT2D eigenvalue weighted by Crippen LogP contribution is -1.91. The minimum Gasteiger partial charge on any atom is -0.258 e. The van der Waals surface area contributed by atoms with Crippen molar-refractivity contribution in [1.82, 2.24) is 0 Å². The fraction of sp³-hybridized carbons (Fsp3) is 0.133. The first-order valence-corrected chi connectivity index (χ1v) is 6.41. The Hall–Kier alpha value is -2.20. The van der Waals surface area contributed by atoms with Gasteiger partial charge in [-0.15, -0.1) is 0 Å². The maximum Gasteiger partial charge on any atom is 0.270 e. The van der Waals surface area contributed by atoms with E-state index in [1.165, 1.54) is 18.2 Å². The lowest BCUT2D eigenvalue weighted by molar-refractivity contribution is -0.384. The smallest absolute Gasteiger partial charge is 0.258 e. The molecule has 2 aromatic carbocycles. The molecule has 5 heteroatoms. The molecule has 0 spiro atoms. The van der Waals surface area contributed by atoms with Gasteiger partial charge < -0.3 is 0 Å². The third kappa shape index (κ3) is 3.03. The second-order valence-electron chi connectivity index (χ2n) is 4.44. The van der Waals surface area contributed by atoms with Gasteiger partial charge in [0.2, 0.25) is 0 Å². The second-order valence-corrected chi connectivity index (χ2v) is 4.85. The molecule has 0 saturated carbocycles. The van der Waals surface area contributed by atoms with Crippen molar-refractivity contribution in [1.29, 1.82) is 0 Å². The molecule has 0 aliphatic rings. The van der Waals surface area contributed by atoms with Gasteiger partial charge in [-0.05, 0) is 37.1 Å². The summed E-state index contributed by atoms with van der Waals surface area (Å²) >= 11 is 6.02. The number of nitrogens with zero attached hydrogens (tertiary/aromatic N) is 2. The minimum atomic E-state index is -0.453. The molecule has 0 heterocycles. The number of hydrogen-bond acceptors (Lipinski definition) is 3. The van der Waals surface area contributed by atoms with Gasteiger partial charge in [0, 0.05) is 28.9 Å². The van der Waals surface area contributed by atoms with E-state index in [1.54, 1.807) is 6.21 Å². The maximum absolute atomic E-state index is 10.8. The molecule has 0 saturated heterocycles. The van der Waals surface area contributed by atoms with Gasteiger partial charge in [-0.3, -0.25) is 15.1 Å². The summed E-state index contributed by atoms with van der Waals surface area (Å²) in [5.74, 6) is 0. The molecule has 0 aliphatic carbocycles. The minimum absolute atomic E-state index is 0.00295. The van der Waals surface area contributed by atoms with E-state index >= 15 is 0 Å². The molecule has 0 atom stereocenters. The zero-order valence-corrected chi connectivity index (χ0v) is 11.9. The number of hydrogen-bond donors (Lipinski definition) is 0. The fourth-order valence-electron chi connectivity index (χ4n) is 1.76. The van der Waals surface area contributed by atoms with Gasteiger partial charge in [-0.25, -0.2) is 0 Å². The summed E-state index contributed by atoms with van der Waals surface area (Å²) in [5, 5.41) is 11.2. The molecule has 0 bridgehead atoms. The van der Waals surface area contributed by atoms with E-state index in [9.17, 15) is 10.1 Å². The summed E-state index contributed by atoms with van der Waals surface area (Å²) < 4.78 is 0. The van der Waals surface area contributed by atoms with Crippen LogP contribution in [0.2, 0.25) is 5.02 Å². The van der Waals surface area contributed by atoms with Crippen LogP contribution in [-0.2, 0) is 0 Å². The van der Waals surface area contributed by atoms with Crippen LogP contribution in [0.15, 0.2) is 41.4 Å². The standard InChI is InChI=1S/C15H13ClN2O2/c1-10-4-3-5-15(11(10)2)17-9-12-8-13(18(19)20)6-7-14(12)16/h3-9H,1-2H3. The maximum atomic E-state index is 10.8. The molecule has 0 aliphatic heterocycles. The summed E-state index contributed by atoms with van der Waals surface area (Å²) in [6, 6.07) is 10.1. The Morgan fingerprint density at radius 3 is 2.70 bits per heavy atom. The molecule has 2 rings (SSSR count). The van der Waals surface area contributed by atoms with Crippen molar-refractivity contribution in [2.24, 2.45) is 4.99 Å². The monoisotopic (exact) mass is 288 g/mol. The lowest BCUT2D eigenvalue weighted by Gasteiger charge is -2.03. The molecule has 0 amide bonds. The molecule has 0 N–H and O–H groups in total. The highest BCUT2D eigenvalue weighted by atomic mass is 35.5. The molecule has 0 unspecified atom stereocenters. The molecule has 102 valence electrons. The van der Waals surface area contributed by atoms with Crippen LogP contribution in [0.3, 0.4) is 0 Å². The van der Waals surface area contributed by atoms with E-state index in [-0.39, 0.29) is 5.69 Å². The van der Waals surface area contributed by atoms with Crippen LogP contribution in [0.5, 0.6) is 0 Å². The van der Waals surface area contributed by atoms with E-state index in [2.05, 4.69) is 4.99 Å². The van der Waals surface area contributed by atoms with Crippen molar-refractivity contribution in [3.63, 3.8) is 0 Å². The van der Waals surface area contributed by atoms with E-state index in [0.29, 0.717) is 10.6 Å².